The Morgan fingerprint density at radius 1 is 1.14 bits per heavy atom. The predicted octanol–water partition coefficient (Wildman–Crippen LogP) is 5.61. The number of nitrogens with zero attached hydrogens (tertiary/aromatic N) is 1. The summed E-state index contributed by atoms with van der Waals surface area (Å²) in [4.78, 5) is 12.3. The molecule has 3 N–H and O–H groups in total. The Kier molecular flexibility index (Phi) is 6.23. The summed E-state index contributed by atoms with van der Waals surface area (Å²) in [5.41, 5.74) is -0.129. The topological polar surface area (TPSA) is 73.7 Å². The van der Waals surface area contributed by atoms with E-state index < -0.39 is 28.3 Å². The molecule has 0 saturated heterocycles. The Morgan fingerprint density at radius 2 is 1.82 bits per heavy atom. The zero-order valence-electron chi connectivity index (χ0n) is 15.4. The van der Waals surface area contributed by atoms with E-state index in [1.54, 1.807) is 45.0 Å². The van der Waals surface area contributed by atoms with Crippen LogP contribution < -0.4 is 10.6 Å². The number of hydrogen-bond acceptors (Lipinski definition) is 3. The van der Waals surface area contributed by atoms with Gasteiger partial charge in [0.1, 0.15) is 0 Å². The fourth-order valence-electron chi connectivity index (χ4n) is 2.53. The minimum absolute atomic E-state index is 0.0398. The first kappa shape index (κ1) is 21.6. The Hall–Kier alpha value is -2.74. The van der Waals surface area contributed by atoms with E-state index >= 15 is 0 Å². The number of hydrogen-bond donors (Lipinski definition) is 3. The first-order valence-electron chi connectivity index (χ1n) is 8.19. The van der Waals surface area contributed by atoms with Crippen molar-refractivity contribution in [3.8, 4) is 0 Å². The number of amides is 2. The standard InChI is InChI=1S/C19H19ClF3N3O2/c1-11(26-28)12-5-4-6-13(9-12)18(2,3)25-17(27)24-14-7-8-16(20)15(10-14)19(21,22)23/h4-10,28H,1-3H3,(H2,24,25,27)/b26-11-. The number of alkyl halides is 3. The monoisotopic (exact) mass is 413 g/mol. The van der Waals surface area contributed by atoms with Gasteiger partial charge in [0.15, 0.2) is 0 Å². The molecule has 0 saturated carbocycles. The summed E-state index contributed by atoms with van der Waals surface area (Å²) in [6.45, 7) is 5.10. The van der Waals surface area contributed by atoms with Crippen LogP contribution in [0.2, 0.25) is 5.02 Å². The van der Waals surface area contributed by atoms with E-state index in [2.05, 4.69) is 15.8 Å². The molecule has 5 nitrogen and oxygen atoms in total. The zero-order valence-corrected chi connectivity index (χ0v) is 16.1. The molecule has 2 amide bonds. The van der Waals surface area contributed by atoms with Crippen LogP contribution in [0.25, 0.3) is 0 Å². The second-order valence-electron chi connectivity index (χ2n) is 6.66. The molecule has 0 aliphatic rings. The molecular formula is C19H19ClF3N3O2. The molecule has 0 unspecified atom stereocenters. The molecule has 0 aliphatic carbocycles. The van der Waals surface area contributed by atoms with E-state index in [4.69, 9.17) is 16.8 Å². The molecule has 0 fully saturated rings. The van der Waals surface area contributed by atoms with Gasteiger partial charge in [0, 0.05) is 5.69 Å². The summed E-state index contributed by atoms with van der Waals surface area (Å²) in [6, 6.07) is 9.47. The number of halogens is 4. The number of nitrogens with one attached hydrogen (secondary N) is 2. The molecule has 2 rings (SSSR count). The highest BCUT2D eigenvalue weighted by molar-refractivity contribution is 6.31. The molecule has 0 radical (unpaired) electrons. The molecule has 2 aromatic rings. The van der Waals surface area contributed by atoms with Gasteiger partial charge in [-0.2, -0.15) is 13.2 Å². The molecule has 2 aromatic carbocycles. The van der Waals surface area contributed by atoms with Crippen LogP contribution in [0.4, 0.5) is 23.7 Å². The van der Waals surface area contributed by atoms with Crippen molar-refractivity contribution >= 4 is 29.0 Å². The van der Waals surface area contributed by atoms with E-state index in [0.29, 0.717) is 11.3 Å². The Morgan fingerprint density at radius 3 is 2.43 bits per heavy atom. The summed E-state index contributed by atoms with van der Waals surface area (Å²) in [7, 11) is 0. The number of urea groups is 1. The fourth-order valence-corrected chi connectivity index (χ4v) is 2.75. The normalized spacial score (nSPS) is 12.6. The average Bonchev–Trinajstić information content (AvgIpc) is 2.61. The van der Waals surface area contributed by atoms with E-state index in [1.807, 2.05) is 0 Å². The van der Waals surface area contributed by atoms with Crippen molar-refractivity contribution in [3.05, 3.63) is 64.2 Å². The van der Waals surface area contributed by atoms with Crippen LogP contribution in [0, 0.1) is 0 Å². The predicted molar refractivity (Wildman–Crippen MR) is 102 cm³/mol. The van der Waals surface area contributed by atoms with Gasteiger partial charge in [0.05, 0.1) is 21.8 Å². The van der Waals surface area contributed by atoms with Crippen molar-refractivity contribution in [2.75, 3.05) is 5.32 Å². The summed E-state index contributed by atoms with van der Waals surface area (Å²) >= 11 is 5.58. The van der Waals surface area contributed by atoms with Crippen LogP contribution in [0.5, 0.6) is 0 Å². The summed E-state index contributed by atoms with van der Waals surface area (Å²) < 4.78 is 38.9. The lowest BCUT2D eigenvalue weighted by Gasteiger charge is -2.27. The van der Waals surface area contributed by atoms with Gasteiger partial charge in [0.2, 0.25) is 0 Å². The smallest absolute Gasteiger partial charge is 0.411 e. The highest BCUT2D eigenvalue weighted by Gasteiger charge is 2.33. The summed E-state index contributed by atoms with van der Waals surface area (Å²) in [5.74, 6) is 0. The second kappa shape index (κ2) is 8.10. The van der Waals surface area contributed by atoms with E-state index in [1.165, 1.54) is 6.07 Å². The van der Waals surface area contributed by atoms with E-state index in [-0.39, 0.29) is 5.69 Å². The number of rotatable bonds is 4. The maximum Gasteiger partial charge on any atom is 0.417 e. The molecule has 0 bridgehead atoms. The van der Waals surface area contributed by atoms with Crippen LogP contribution in [0.15, 0.2) is 47.6 Å². The third-order valence-corrected chi connectivity index (χ3v) is 4.44. The number of oxime groups is 1. The Bertz CT molecular complexity index is 912. The lowest BCUT2D eigenvalue weighted by Crippen LogP contribution is -2.43. The van der Waals surface area contributed by atoms with Gasteiger partial charge in [0.25, 0.3) is 0 Å². The maximum absolute atomic E-state index is 13.0. The molecule has 0 aromatic heterocycles. The highest BCUT2D eigenvalue weighted by atomic mass is 35.5. The zero-order chi connectivity index (χ0) is 21.1. The number of carbonyl (C=O) groups excluding carboxylic acids is 1. The lowest BCUT2D eigenvalue weighted by molar-refractivity contribution is -0.137. The highest BCUT2D eigenvalue weighted by Crippen LogP contribution is 2.36. The minimum atomic E-state index is -4.63. The Balaban J connectivity index is 2.18. The van der Waals surface area contributed by atoms with Crippen molar-refractivity contribution < 1.29 is 23.2 Å². The molecule has 0 heterocycles. The van der Waals surface area contributed by atoms with Crippen LogP contribution in [-0.2, 0) is 11.7 Å². The van der Waals surface area contributed by atoms with Crippen molar-refractivity contribution in [1.82, 2.24) is 5.32 Å². The van der Waals surface area contributed by atoms with Gasteiger partial charge in [-0.25, -0.2) is 4.79 Å². The van der Waals surface area contributed by atoms with Gasteiger partial charge in [-0.15, -0.1) is 0 Å². The minimum Gasteiger partial charge on any atom is -0.411 e. The van der Waals surface area contributed by atoms with Crippen LogP contribution >= 0.6 is 11.6 Å². The lowest BCUT2D eigenvalue weighted by atomic mass is 9.92. The molecular weight excluding hydrogens is 395 g/mol. The first-order valence-corrected chi connectivity index (χ1v) is 8.57. The van der Waals surface area contributed by atoms with Crippen LogP contribution in [0.1, 0.15) is 37.5 Å². The average molecular weight is 414 g/mol. The quantitative estimate of drug-likeness (QED) is 0.346. The van der Waals surface area contributed by atoms with Crippen LogP contribution in [-0.4, -0.2) is 17.0 Å². The SMILES string of the molecule is C/C(=N/O)c1cccc(C(C)(C)NC(=O)Nc2ccc(Cl)c(C(F)(F)F)c2)c1. The molecule has 28 heavy (non-hydrogen) atoms. The summed E-state index contributed by atoms with van der Waals surface area (Å²) in [5, 5.41) is 16.7. The van der Waals surface area contributed by atoms with Crippen molar-refractivity contribution in [2.45, 2.75) is 32.5 Å². The van der Waals surface area contributed by atoms with Gasteiger partial charge in [-0.1, -0.05) is 35.0 Å². The molecule has 0 aliphatic heterocycles. The van der Waals surface area contributed by atoms with Gasteiger partial charge >= 0.3 is 12.2 Å². The van der Waals surface area contributed by atoms with Crippen LogP contribution in [0.3, 0.4) is 0 Å². The molecule has 150 valence electrons. The maximum atomic E-state index is 13.0. The number of benzene rings is 2. The fraction of sp³-hybridized carbons (Fsp3) is 0.263. The van der Waals surface area contributed by atoms with Crippen molar-refractivity contribution in [1.29, 1.82) is 0 Å². The number of anilines is 1. The number of carbonyl (C=O) groups is 1. The van der Waals surface area contributed by atoms with E-state index in [9.17, 15) is 18.0 Å². The molecule has 0 spiro atoms. The van der Waals surface area contributed by atoms with Gasteiger partial charge < -0.3 is 15.8 Å². The largest absolute Gasteiger partial charge is 0.417 e. The summed E-state index contributed by atoms with van der Waals surface area (Å²) in [6.07, 6.45) is -4.63. The van der Waals surface area contributed by atoms with Crippen molar-refractivity contribution in [3.63, 3.8) is 0 Å². The third kappa shape index (κ3) is 5.16. The van der Waals surface area contributed by atoms with E-state index in [0.717, 1.165) is 17.7 Å². The van der Waals surface area contributed by atoms with Gasteiger partial charge in [-0.05, 0) is 56.2 Å². The van der Waals surface area contributed by atoms with Gasteiger partial charge in [-0.3, -0.25) is 0 Å². The first-order chi connectivity index (χ1) is 12.9. The van der Waals surface area contributed by atoms with Crippen molar-refractivity contribution in [2.24, 2.45) is 5.16 Å². The third-order valence-electron chi connectivity index (χ3n) is 4.11. The Labute approximate surface area is 165 Å². The second-order valence-corrected chi connectivity index (χ2v) is 7.07. The molecule has 9 heteroatoms. The molecule has 0 atom stereocenters.